The molecule has 2 nitrogen and oxygen atoms in total. The molecule has 0 N–H and O–H groups in total. The lowest BCUT2D eigenvalue weighted by atomic mass is 10.1. The molecule has 2 rings (SSSR count). The summed E-state index contributed by atoms with van der Waals surface area (Å²) in [6, 6.07) is 6.84. The summed E-state index contributed by atoms with van der Waals surface area (Å²) in [6.07, 6.45) is 2.11. The molecular weight excluding hydrogens is 290 g/mol. The fraction of sp³-hybridized carbons (Fsp3) is 0.231. The Hall–Kier alpha value is -1.20. The van der Waals surface area contributed by atoms with Crippen LogP contribution in [0.4, 0.5) is 8.78 Å². The highest BCUT2D eigenvalue weighted by Gasteiger charge is 2.11. The molecule has 1 aromatic carbocycles. The predicted molar refractivity (Wildman–Crippen MR) is 73.7 cm³/mol. The molecule has 0 aliphatic carbocycles. The van der Waals surface area contributed by atoms with Crippen molar-refractivity contribution in [1.82, 2.24) is 9.97 Å². The van der Waals surface area contributed by atoms with E-state index in [1.54, 1.807) is 24.3 Å². The van der Waals surface area contributed by atoms with Crippen LogP contribution in [0.3, 0.4) is 0 Å². The van der Waals surface area contributed by atoms with Gasteiger partial charge in [0.2, 0.25) is 0 Å². The van der Waals surface area contributed by atoms with Crippen molar-refractivity contribution in [2.45, 2.75) is 24.0 Å². The van der Waals surface area contributed by atoms with Crippen molar-refractivity contribution in [2.75, 3.05) is 0 Å². The summed E-state index contributed by atoms with van der Waals surface area (Å²) < 4.78 is 24.5. The van der Waals surface area contributed by atoms with Gasteiger partial charge in [-0.2, -0.15) is 8.78 Å². The second kappa shape index (κ2) is 6.30. The molecule has 1 heterocycles. The molecule has 0 bridgehead atoms. The first-order chi connectivity index (χ1) is 9.11. The zero-order valence-electron chi connectivity index (χ0n) is 10.1. The average molecular weight is 301 g/mol. The van der Waals surface area contributed by atoms with E-state index >= 15 is 0 Å². The first-order valence-electron chi connectivity index (χ1n) is 5.66. The molecule has 0 saturated carbocycles. The predicted octanol–water partition coefficient (Wildman–Crippen LogP) is 4.67. The van der Waals surface area contributed by atoms with E-state index < -0.39 is 5.76 Å². The molecule has 0 amide bonds. The smallest absolute Gasteiger partial charge is 0.236 e. The number of alkyl halides is 2. The van der Waals surface area contributed by atoms with Crippen molar-refractivity contribution < 1.29 is 8.78 Å². The third-order valence-electron chi connectivity index (χ3n) is 2.60. The van der Waals surface area contributed by atoms with Gasteiger partial charge in [-0.15, -0.1) is 0 Å². The lowest BCUT2D eigenvalue weighted by Gasteiger charge is -2.08. The van der Waals surface area contributed by atoms with Gasteiger partial charge in [-0.05, 0) is 18.6 Å². The van der Waals surface area contributed by atoms with E-state index in [-0.39, 0.29) is 0 Å². The molecule has 0 aliphatic rings. The molecule has 2 aromatic rings. The van der Waals surface area contributed by atoms with Gasteiger partial charge in [0.15, 0.2) is 0 Å². The van der Waals surface area contributed by atoms with E-state index in [4.69, 9.17) is 11.6 Å². The van der Waals surface area contributed by atoms with Crippen LogP contribution in [-0.2, 0) is 6.42 Å². The van der Waals surface area contributed by atoms with Crippen LogP contribution in [0.25, 0.3) is 11.3 Å². The van der Waals surface area contributed by atoms with Crippen LogP contribution in [0.15, 0.2) is 35.5 Å². The molecule has 1 aromatic heterocycles. The minimum Gasteiger partial charge on any atom is -0.236 e. The lowest BCUT2D eigenvalue weighted by molar-refractivity contribution is 0.252. The molecule has 19 heavy (non-hydrogen) atoms. The van der Waals surface area contributed by atoms with Gasteiger partial charge in [0.1, 0.15) is 11.5 Å². The van der Waals surface area contributed by atoms with Crippen molar-refractivity contribution in [1.29, 1.82) is 0 Å². The van der Waals surface area contributed by atoms with Crippen molar-refractivity contribution in [2.24, 2.45) is 0 Å². The SMILES string of the molecule is CCc1c(Cl)ncnc1-c1ccc(SC(F)F)cc1. The van der Waals surface area contributed by atoms with E-state index in [9.17, 15) is 8.78 Å². The molecule has 6 heteroatoms. The van der Waals surface area contributed by atoms with E-state index in [1.807, 2.05) is 6.92 Å². The Morgan fingerprint density at radius 2 is 1.89 bits per heavy atom. The van der Waals surface area contributed by atoms with Gasteiger partial charge in [0.25, 0.3) is 5.76 Å². The average Bonchev–Trinajstić information content (AvgIpc) is 2.38. The highest BCUT2D eigenvalue weighted by atomic mass is 35.5. The van der Waals surface area contributed by atoms with Crippen LogP contribution in [0.2, 0.25) is 5.15 Å². The van der Waals surface area contributed by atoms with Crippen LogP contribution in [0.1, 0.15) is 12.5 Å². The quantitative estimate of drug-likeness (QED) is 0.606. The minimum atomic E-state index is -2.41. The van der Waals surface area contributed by atoms with Crippen LogP contribution < -0.4 is 0 Å². The van der Waals surface area contributed by atoms with Crippen LogP contribution in [-0.4, -0.2) is 15.7 Å². The van der Waals surface area contributed by atoms with Crippen LogP contribution in [0.5, 0.6) is 0 Å². The number of aromatic nitrogens is 2. The molecule has 100 valence electrons. The fourth-order valence-corrected chi connectivity index (χ4v) is 2.51. The van der Waals surface area contributed by atoms with E-state index in [0.717, 1.165) is 16.8 Å². The highest BCUT2D eigenvalue weighted by molar-refractivity contribution is 7.99. The summed E-state index contributed by atoms with van der Waals surface area (Å²) in [7, 11) is 0. The van der Waals surface area contributed by atoms with Crippen molar-refractivity contribution in [3.05, 3.63) is 41.3 Å². The Kier molecular flexibility index (Phi) is 4.71. The molecule has 0 spiro atoms. The molecule has 0 atom stereocenters. The fourth-order valence-electron chi connectivity index (χ4n) is 1.75. The summed E-state index contributed by atoms with van der Waals surface area (Å²) >= 11 is 6.55. The Labute approximate surface area is 119 Å². The summed E-state index contributed by atoms with van der Waals surface area (Å²) in [6.45, 7) is 1.97. The van der Waals surface area contributed by atoms with Gasteiger partial charge in [0.05, 0.1) is 5.69 Å². The summed E-state index contributed by atoms with van der Waals surface area (Å²) in [5.74, 6) is -2.41. The van der Waals surface area contributed by atoms with Crippen LogP contribution in [0, 0.1) is 0 Å². The minimum absolute atomic E-state index is 0.429. The second-order valence-electron chi connectivity index (χ2n) is 3.75. The van der Waals surface area contributed by atoms with Gasteiger partial charge in [-0.3, -0.25) is 0 Å². The Morgan fingerprint density at radius 1 is 1.21 bits per heavy atom. The number of rotatable bonds is 4. The third-order valence-corrected chi connectivity index (χ3v) is 3.65. The van der Waals surface area contributed by atoms with E-state index in [0.29, 0.717) is 28.2 Å². The van der Waals surface area contributed by atoms with Crippen molar-refractivity contribution in [3.63, 3.8) is 0 Å². The Bertz CT molecular complexity index is 561. The Morgan fingerprint density at radius 3 is 2.47 bits per heavy atom. The number of nitrogens with zero attached hydrogens (tertiary/aromatic N) is 2. The molecule has 0 fully saturated rings. The number of halogens is 3. The number of thioether (sulfide) groups is 1. The normalized spacial score (nSPS) is 11.0. The summed E-state index contributed by atoms with van der Waals surface area (Å²) in [5.41, 5.74) is 2.45. The maximum absolute atomic E-state index is 12.2. The first kappa shape index (κ1) is 14.2. The maximum Gasteiger partial charge on any atom is 0.288 e. The van der Waals surface area contributed by atoms with Gasteiger partial charge in [0, 0.05) is 16.0 Å². The second-order valence-corrected chi connectivity index (χ2v) is 5.17. The van der Waals surface area contributed by atoms with Crippen LogP contribution >= 0.6 is 23.4 Å². The zero-order chi connectivity index (χ0) is 13.8. The van der Waals surface area contributed by atoms with Gasteiger partial charge < -0.3 is 0 Å². The molecule has 0 unspecified atom stereocenters. The standard InChI is InChI=1S/C13H11ClF2N2S/c1-2-10-11(17-7-18-12(10)14)8-3-5-9(6-4-8)19-13(15)16/h3-7,13H,2H2,1H3. The van der Waals surface area contributed by atoms with Crippen molar-refractivity contribution in [3.8, 4) is 11.3 Å². The maximum atomic E-state index is 12.2. The Balaban J connectivity index is 2.35. The lowest BCUT2D eigenvalue weighted by Crippen LogP contribution is -1.95. The summed E-state index contributed by atoms with van der Waals surface area (Å²) in [4.78, 5) is 8.69. The van der Waals surface area contributed by atoms with E-state index in [1.165, 1.54) is 6.33 Å². The van der Waals surface area contributed by atoms with Gasteiger partial charge in [-0.25, -0.2) is 9.97 Å². The molecule has 0 saturated heterocycles. The number of benzene rings is 1. The monoisotopic (exact) mass is 300 g/mol. The topological polar surface area (TPSA) is 25.8 Å². The largest absolute Gasteiger partial charge is 0.288 e. The van der Waals surface area contributed by atoms with Gasteiger partial charge in [-0.1, -0.05) is 42.4 Å². The first-order valence-corrected chi connectivity index (χ1v) is 6.92. The van der Waals surface area contributed by atoms with Crippen molar-refractivity contribution >= 4 is 23.4 Å². The van der Waals surface area contributed by atoms with Gasteiger partial charge >= 0.3 is 0 Å². The molecule has 0 aliphatic heterocycles. The summed E-state index contributed by atoms with van der Waals surface area (Å²) in [5, 5.41) is 0.429. The molecular formula is C13H11ClF2N2S. The van der Waals surface area contributed by atoms with E-state index in [2.05, 4.69) is 9.97 Å². The highest BCUT2D eigenvalue weighted by Crippen LogP contribution is 2.30. The third kappa shape index (κ3) is 3.42. The zero-order valence-corrected chi connectivity index (χ0v) is 11.7. The number of hydrogen-bond acceptors (Lipinski definition) is 3. The molecule has 0 radical (unpaired) electrons. The number of hydrogen-bond donors (Lipinski definition) is 0.